The average molecular weight is 241 g/mol. The van der Waals surface area contributed by atoms with Crippen LogP contribution in [0.2, 0.25) is 0 Å². The van der Waals surface area contributed by atoms with Crippen molar-refractivity contribution in [1.29, 1.82) is 0 Å². The van der Waals surface area contributed by atoms with E-state index < -0.39 is 0 Å². The van der Waals surface area contributed by atoms with E-state index in [1.807, 2.05) is 32.7 Å². The van der Waals surface area contributed by atoms with Crippen LogP contribution in [0, 0.1) is 0 Å². The normalized spacial score (nSPS) is 19.1. The minimum Gasteiger partial charge on any atom is -0.333 e. The third kappa shape index (κ3) is 4.54. The summed E-state index contributed by atoms with van der Waals surface area (Å²) in [7, 11) is 1.91. The van der Waals surface area contributed by atoms with Gasteiger partial charge in [0.05, 0.1) is 0 Å². The molecule has 0 aromatic heterocycles. The minimum absolute atomic E-state index is 0.0486. The molecule has 0 aromatic carbocycles. The molecule has 0 aromatic rings. The summed E-state index contributed by atoms with van der Waals surface area (Å²) >= 11 is 0. The fourth-order valence-electron chi connectivity index (χ4n) is 2.20. The van der Waals surface area contributed by atoms with Crippen LogP contribution in [0.1, 0.15) is 40.5 Å². The van der Waals surface area contributed by atoms with Crippen LogP contribution in [0.4, 0.5) is 4.79 Å². The molecule has 0 atom stereocenters. The monoisotopic (exact) mass is 241 g/mol. The molecule has 17 heavy (non-hydrogen) atoms. The predicted octanol–water partition coefficient (Wildman–Crippen LogP) is 1.91. The number of nitrogens with one attached hydrogen (secondary N) is 1. The van der Waals surface area contributed by atoms with Gasteiger partial charge in [-0.2, -0.15) is 0 Å². The Morgan fingerprint density at radius 3 is 2.29 bits per heavy atom. The highest BCUT2D eigenvalue weighted by Crippen LogP contribution is 2.15. The van der Waals surface area contributed by atoms with E-state index in [0.29, 0.717) is 6.04 Å². The van der Waals surface area contributed by atoms with Gasteiger partial charge in [-0.15, -0.1) is 0 Å². The van der Waals surface area contributed by atoms with Crippen molar-refractivity contribution in [1.82, 2.24) is 15.1 Å². The molecule has 2 amide bonds. The molecule has 0 bridgehead atoms. The van der Waals surface area contributed by atoms with E-state index in [1.54, 1.807) is 0 Å². The number of rotatable bonds is 2. The van der Waals surface area contributed by atoms with Crippen molar-refractivity contribution in [2.45, 2.75) is 52.1 Å². The molecule has 1 saturated heterocycles. The third-order valence-corrected chi connectivity index (χ3v) is 3.35. The maximum absolute atomic E-state index is 12.0. The van der Waals surface area contributed by atoms with Gasteiger partial charge in [0.1, 0.15) is 0 Å². The van der Waals surface area contributed by atoms with Crippen LogP contribution in [0.5, 0.6) is 0 Å². The number of carbonyl (C=O) groups is 1. The van der Waals surface area contributed by atoms with Gasteiger partial charge in [0, 0.05) is 31.7 Å². The largest absolute Gasteiger partial charge is 0.333 e. The van der Waals surface area contributed by atoms with Crippen LogP contribution >= 0.6 is 0 Å². The molecule has 0 saturated carbocycles. The molecular formula is C13H27N3O. The molecule has 0 radical (unpaired) electrons. The highest BCUT2D eigenvalue weighted by molar-refractivity contribution is 5.75. The third-order valence-electron chi connectivity index (χ3n) is 3.35. The van der Waals surface area contributed by atoms with Crippen LogP contribution in [-0.2, 0) is 0 Å². The summed E-state index contributed by atoms with van der Waals surface area (Å²) in [4.78, 5) is 16.3. The molecule has 1 aliphatic heterocycles. The molecular weight excluding hydrogens is 214 g/mol. The molecule has 1 fully saturated rings. The van der Waals surface area contributed by atoms with Crippen LogP contribution in [0.15, 0.2) is 0 Å². The molecule has 0 spiro atoms. The summed E-state index contributed by atoms with van der Waals surface area (Å²) in [5.74, 6) is 0. The molecule has 1 rings (SSSR count). The van der Waals surface area contributed by atoms with Crippen molar-refractivity contribution in [3.63, 3.8) is 0 Å². The number of amides is 2. The Morgan fingerprint density at radius 2 is 1.88 bits per heavy atom. The van der Waals surface area contributed by atoms with Crippen LogP contribution in [0.3, 0.4) is 0 Å². The van der Waals surface area contributed by atoms with Gasteiger partial charge in [0.25, 0.3) is 0 Å². The molecule has 1 aliphatic rings. The molecule has 0 aliphatic carbocycles. The summed E-state index contributed by atoms with van der Waals surface area (Å²) in [6, 6.07) is 0.438. The summed E-state index contributed by atoms with van der Waals surface area (Å²) in [5.41, 5.74) is -0.157. The van der Waals surface area contributed by atoms with Gasteiger partial charge in [-0.1, -0.05) is 6.92 Å². The first-order chi connectivity index (χ1) is 7.83. The predicted molar refractivity (Wildman–Crippen MR) is 71.2 cm³/mol. The van der Waals surface area contributed by atoms with Crippen LogP contribution < -0.4 is 5.32 Å². The molecule has 0 unspecified atom stereocenters. The van der Waals surface area contributed by atoms with Crippen LogP contribution in [-0.4, -0.2) is 54.1 Å². The van der Waals surface area contributed by atoms with E-state index in [0.717, 1.165) is 32.5 Å². The van der Waals surface area contributed by atoms with Crippen molar-refractivity contribution >= 4 is 6.03 Å². The Labute approximate surface area is 105 Å². The second-order valence-electron chi connectivity index (χ2n) is 5.96. The van der Waals surface area contributed by atoms with Crippen LogP contribution in [0.25, 0.3) is 0 Å². The van der Waals surface area contributed by atoms with E-state index >= 15 is 0 Å². The highest BCUT2D eigenvalue weighted by atomic mass is 16.2. The summed E-state index contributed by atoms with van der Waals surface area (Å²) in [6.07, 6.45) is 2.17. The Kier molecular flexibility index (Phi) is 4.80. The highest BCUT2D eigenvalue weighted by Gasteiger charge is 2.26. The van der Waals surface area contributed by atoms with E-state index in [9.17, 15) is 4.79 Å². The zero-order valence-electron chi connectivity index (χ0n) is 11.9. The second-order valence-corrected chi connectivity index (χ2v) is 5.96. The van der Waals surface area contributed by atoms with Crippen molar-refractivity contribution in [2.24, 2.45) is 0 Å². The Bertz CT molecular complexity index is 252. The van der Waals surface area contributed by atoms with Gasteiger partial charge < -0.3 is 15.1 Å². The lowest BCUT2D eigenvalue weighted by Gasteiger charge is -2.37. The zero-order valence-corrected chi connectivity index (χ0v) is 11.9. The number of carbonyl (C=O) groups excluding carboxylic acids is 1. The van der Waals surface area contributed by atoms with Gasteiger partial charge in [-0.05, 0) is 40.2 Å². The van der Waals surface area contributed by atoms with Crippen molar-refractivity contribution in [3.8, 4) is 0 Å². The maximum atomic E-state index is 12.0. The smallest absolute Gasteiger partial charge is 0.317 e. The van der Waals surface area contributed by atoms with E-state index in [2.05, 4.69) is 17.1 Å². The topological polar surface area (TPSA) is 35.6 Å². The Hall–Kier alpha value is -0.770. The fraction of sp³-hybridized carbons (Fsp3) is 0.923. The lowest BCUT2D eigenvalue weighted by molar-refractivity contribution is 0.134. The summed E-state index contributed by atoms with van der Waals surface area (Å²) in [6.45, 7) is 11.6. The second kappa shape index (κ2) is 5.71. The number of piperidine rings is 1. The molecule has 4 nitrogen and oxygen atoms in total. The summed E-state index contributed by atoms with van der Waals surface area (Å²) < 4.78 is 0. The quantitative estimate of drug-likeness (QED) is 0.801. The number of hydrogen-bond donors (Lipinski definition) is 1. The number of nitrogens with zero attached hydrogens (tertiary/aromatic N) is 2. The van der Waals surface area contributed by atoms with Gasteiger partial charge in [0.15, 0.2) is 0 Å². The first-order valence-corrected chi connectivity index (χ1v) is 6.61. The molecule has 1 heterocycles. The zero-order chi connectivity index (χ0) is 13.1. The average Bonchev–Trinajstić information content (AvgIpc) is 2.26. The van der Waals surface area contributed by atoms with E-state index in [4.69, 9.17) is 0 Å². The molecule has 1 N–H and O–H groups in total. The van der Waals surface area contributed by atoms with Gasteiger partial charge in [-0.25, -0.2) is 4.79 Å². The fourth-order valence-corrected chi connectivity index (χ4v) is 2.20. The number of likely N-dealkylation sites (tertiary alicyclic amines) is 1. The van der Waals surface area contributed by atoms with Gasteiger partial charge >= 0.3 is 6.03 Å². The van der Waals surface area contributed by atoms with Crippen molar-refractivity contribution in [2.75, 3.05) is 26.7 Å². The van der Waals surface area contributed by atoms with Crippen molar-refractivity contribution < 1.29 is 4.79 Å². The van der Waals surface area contributed by atoms with Crippen molar-refractivity contribution in [3.05, 3.63) is 0 Å². The van der Waals surface area contributed by atoms with E-state index in [1.165, 1.54) is 0 Å². The SMILES string of the molecule is CCN1CCC(N(C)C(=O)NC(C)(C)C)CC1. The Balaban J connectivity index is 2.43. The van der Waals surface area contributed by atoms with Gasteiger partial charge in [-0.3, -0.25) is 0 Å². The first-order valence-electron chi connectivity index (χ1n) is 6.61. The number of hydrogen-bond acceptors (Lipinski definition) is 2. The molecule has 4 heteroatoms. The first kappa shape index (κ1) is 14.3. The lowest BCUT2D eigenvalue weighted by Crippen LogP contribution is -2.52. The standard InChI is InChI=1S/C13H27N3O/c1-6-16-9-7-11(8-10-16)15(5)12(17)14-13(2,3)4/h11H,6-10H2,1-5H3,(H,14,17). The van der Waals surface area contributed by atoms with E-state index in [-0.39, 0.29) is 11.6 Å². The lowest BCUT2D eigenvalue weighted by atomic mass is 10.0. The minimum atomic E-state index is -0.157. The Morgan fingerprint density at radius 1 is 1.35 bits per heavy atom. The number of urea groups is 1. The maximum Gasteiger partial charge on any atom is 0.317 e. The molecule has 100 valence electrons. The summed E-state index contributed by atoms with van der Waals surface area (Å²) in [5, 5.41) is 3.01. The van der Waals surface area contributed by atoms with Gasteiger partial charge in [0.2, 0.25) is 0 Å².